The molecule has 2 unspecified atom stereocenters. The van der Waals surface area contributed by atoms with E-state index < -0.39 is 0 Å². The fourth-order valence-corrected chi connectivity index (χ4v) is 2.39. The Morgan fingerprint density at radius 2 is 1.94 bits per heavy atom. The molecule has 0 spiro atoms. The van der Waals surface area contributed by atoms with Gasteiger partial charge in [-0.15, -0.1) is 0 Å². The van der Waals surface area contributed by atoms with Crippen molar-refractivity contribution >= 4 is 15.9 Å². The van der Waals surface area contributed by atoms with E-state index in [2.05, 4.69) is 60.0 Å². The third-order valence-corrected chi connectivity index (χ3v) is 3.64. The van der Waals surface area contributed by atoms with Crippen LogP contribution in [0.2, 0.25) is 0 Å². The van der Waals surface area contributed by atoms with E-state index in [4.69, 9.17) is 5.73 Å². The second-order valence-corrected chi connectivity index (χ2v) is 5.43. The highest BCUT2D eigenvalue weighted by Crippen LogP contribution is 2.30. The van der Waals surface area contributed by atoms with Gasteiger partial charge in [-0.25, -0.2) is 0 Å². The summed E-state index contributed by atoms with van der Waals surface area (Å²) in [7, 11) is 4.24. The molecule has 1 aromatic carbocycles. The number of rotatable bonds is 5. The standard InChI is InChI=1S/C13H21BrN2/c1-10(9-15)8-13(16(2)3)11-6-4-5-7-12(11)14/h4-7,10,13H,8-9,15H2,1-3H3. The van der Waals surface area contributed by atoms with Crippen LogP contribution in [0.5, 0.6) is 0 Å². The molecule has 0 aliphatic heterocycles. The molecule has 90 valence electrons. The number of hydrogen-bond acceptors (Lipinski definition) is 2. The van der Waals surface area contributed by atoms with Crippen LogP contribution in [-0.4, -0.2) is 25.5 Å². The molecule has 1 rings (SSSR count). The van der Waals surface area contributed by atoms with Crippen molar-refractivity contribution in [1.29, 1.82) is 0 Å². The summed E-state index contributed by atoms with van der Waals surface area (Å²) in [6.07, 6.45) is 1.09. The lowest BCUT2D eigenvalue weighted by Gasteiger charge is -2.28. The van der Waals surface area contributed by atoms with Gasteiger partial charge in [0.25, 0.3) is 0 Å². The highest BCUT2D eigenvalue weighted by atomic mass is 79.9. The SMILES string of the molecule is CC(CN)CC(c1ccccc1Br)N(C)C. The van der Waals surface area contributed by atoms with E-state index in [-0.39, 0.29) is 0 Å². The zero-order valence-corrected chi connectivity index (χ0v) is 11.9. The van der Waals surface area contributed by atoms with E-state index in [0.29, 0.717) is 12.0 Å². The molecule has 3 heteroatoms. The average Bonchev–Trinajstić information content (AvgIpc) is 2.26. The minimum absolute atomic E-state index is 0.425. The van der Waals surface area contributed by atoms with Crippen LogP contribution in [-0.2, 0) is 0 Å². The maximum Gasteiger partial charge on any atom is 0.0356 e. The van der Waals surface area contributed by atoms with Crippen molar-refractivity contribution in [2.75, 3.05) is 20.6 Å². The van der Waals surface area contributed by atoms with Crippen LogP contribution in [0, 0.1) is 5.92 Å². The third kappa shape index (κ3) is 3.58. The quantitative estimate of drug-likeness (QED) is 0.901. The Hall–Kier alpha value is -0.380. The smallest absolute Gasteiger partial charge is 0.0356 e. The zero-order chi connectivity index (χ0) is 12.1. The Bertz CT molecular complexity index is 325. The molecule has 0 amide bonds. The van der Waals surface area contributed by atoms with Crippen molar-refractivity contribution in [1.82, 2.24) is 4.90 Å². The van der Waals surface area contributed by atoms with E-state index in [0.717, 1.165) is 13.0 Å². The van der Waals surface area contributed by atoms with Gasteiger partial charge in [0.15, 0.2) is 0 Å². The average molecular weight is 285 g/mol. The van der Waals surface area contributed by atoms with E-state index in [1.807, 2.05) is 6.07 Å². The minimum Gasteiger partial charge on any atom is -0.330 e. The summed E-state index contributed by atoms with van der Waals surface area (Å²) in [4.78, 5) is 2.26. The summed E-state index contributed by atoms with van der Waals surface area (Å²) < 4.78 is 1.18. The van der Waals surface area contributed by atoms with Gasteiger partial charge in [0.2, 0.25) is 0 Å². The third-order valence-electron chi connectivity index (χ3n) is 2.92. The normalized spacial score (nSPS) is 15.1. The number of halogens is 1. The fourth-order valence-electron chi connectivity index (χ4n) is 1.84. The van der Waals surface area contributed by atoms with E-state index in [1.54, 1.807) is 0 Å². The Morgan fingerprint density at radius 3 is 2.44 bits per heavy atom. The first kappa shape index (κ1) is 13.7. The molecule has 16 heavy (non-hydrogen) atoms. The van der Waals surface area contributed by atoms with E-state index >= 15 is 0 Å². The lowest BCUT2D eigenvalue weighted by molar-refractivity contribution is 0.254. The van der Waals surface area contributed by atoms with Crippen molar-refractivity contribution < 1.29 is 0 Å². The monoisotopic (exact) mass is 284 g/mol. The second-order valence-electron chi connectivity index (χ2n) is 4.58. The van der Waals surface area contributed by atoms with Gasteiger partial charge in [-0.2, -0.15) is 0 Å². The van der Waals surface area contributed by atoms with Gasteiger partial charge in [-0.3, -0.25) is 0 Å². The highest BCUT2D eigenvalue weighted by molar-refractivity contribution is 9.10. The molecular formula is C13H21BrN2. The fraction of sp³-hybridized carbons (Fsp3) is 0.538. The number of hydrogen-bond donors (Lipinski definition) is 1. The van der Waals surface area contributed by atoms with Gasteiger partial charge in [0.05, 0.1) is 0 Å². The number of nitrogens with zero attached hydrogens (tertiary/aromatic N) is 1. The minimum atomic E-state index is 0.425. The first-order chi connectivity index (χ1) is 7.56. The maximum atomic E-state index is 5.71. The Morgan fingerprint density at radius 1 is 1.31 bits per heavy atom. The molecular weight excluding hydrogens is 264 g/mol. The Labute approximate surface area is 107 Å². The molecule has 0 aliphatic rings. The molecule has 0 bridgehead atoms. The predicted octanol–water partition coefficient (Wildman–Crippen LogP) is 3.04. The lowest BCUT2D eigenvalue weighted by Crippen LogP contribution is -2.24. The lowest BCUT2D eigenvalue weighted by atomic mass is 9.95. The van der Waals surface area contributed by atoms with Crippen LogP contribution < -0.4 is 5.73 Å². The summed E-state index contributed by atoms with van der Waals surface area (Å²) in [6.45, 7) is 2.95. The van der Waals surface area contributed by atoms with Crippen molar-refractivity contribution in [3.8, 4) is 0 Å². The molecule has 0 saturated heterocycles. The predicted molar refractivity (Wildman–Crippen MR) is 73.4 cm³/mol. The molecule has 0 heterocycles. The van der Waals surface area contributed by atoms with Crippen LogP contribution in [0.25, 0.3) is 0 Å². The van der Waals surface area contributed by atoms with Gasteiger partial charge < -0.3 is 10.6 Å². The van der Waals surface area contributed by atoms with Crippen LogP contribution in [0.4, 0.5) is 0 Å². The molecule has 0 fully saturated rings. The first-order valence-electron chi connectivity index (χ1n) is 5.67. The Balaban J connectivity index is 2.90. The molecule has 0 saturated carbocycles. The molecule has 0 aliphatic carbocycles. The van der Waals surface area contributed by atoms with Gasteiger partial charge in [-0.1, -0.05) is 41.1 Å². The van der Waals surface area contributed by atoms with Crippen molar-refractivity contribution in [3.05, 3.63) is 34.3 Å². The van der Waals surface area contributed by atoms with Gasteiger partial charge in [0.1, 0.15) is 0 Å². The van der Waals surface area contributed by atoms with Gasteiger partial charge in [0, 0.05) is 10.5 Å². The molecule has 2 atom stereocenters. The summed E-state index contributed by atoms with van der Waals surface area (Å²) in [5, 5.41) is 0. The highest BCUT2D eigenvalue weighted by Gasteiger charge is 2.18. The van der Waals surface area contributed by atoms with Crippen LogP contribution in [0.3, 0.4) is 0 Å². The molecule has 1 aromatic rings. The number of nitrogens with two attached hydrogens (primary N) is 1. The van der Waals surface area contributed by atoms with E-state index in [1.165, 1.54) is 10.0 Å². The van der Waals surface area contributed by atoms with E-state index in [9.17, 15) is 0 Å². The topological polar surface area (TPSA) is 29.3 Å². The van der Waals surface area contributed by atoms with Crippen molar-refractivity contribution in [3.63, 3.8) is 0 Å². The largest absolute Gasteiger partial charge is 0.330 e. The molecule has 0 radical (unpaired) electrons. The van der Waals surface area contributed by atoms with Crippen LogP contribution in [0.15, 0.2) is 28.7 Å². The zero-order valence-electron chi connectivity index (χ0n) is 10.3. The maximum absolute atomic E-state index is 5.71. The summed E-state index contributed by atoms with van der Waals surface area (Å²) in [6, 6.07) is 8.84. The van der Waals surface area contributed by atoms with Crippen LogP contribution in [0.1, 0.15) is 24.9 Å². The number of benzene rings is 1. The second kappa shape index (κ2) is 6.38. The molecule has 2 N–H and O–H groups in total. The van der Waals surface area contributed by atoms with Gasteiger partial charge >= 0.3 is 0 Å². The molecule has 2 nitrogen and oxygen atoms in total. The van der Waals surface area contributed by atoms with Crippen molar-refractivity contribution in [2.45, 2.75) is 19.4 Å². The summed E-state index contributed by atoms with van der Waals surface area (Å²) >= 11 is 3.62. The van der Waals surface area contributed by atoms with Gasteiger partial charge in [-0.05, 0) is 44.6 Å². The Kier molecular flexibility index (Phi) is 5.46. The van der Waals surface area contributed by atoms with Crippen LogP contribution >= 0.6 is 15.9 Å². The first-order valence-corrected chi connectivity index (χ1v) is 6.46. The summed E-state index contributed by atoms with van der Waals surface area (Å²) in [5.41, 5.74) is 7.05. The molecule has 0 aromatic heterocycles. The summed E-state index contributed by atoms with van der Waals surface area (Å²) in [5.74, 6) is 0.541. The van der Waals surface area contributed by atoms with Crippen molar-refractivity contribution in [2.24, 2.45) is 11.7 Å².